The van der Waals surface area contributed by atoms with E-state index in [4.69, 9.17) is 9.83 Å². The van der Waals surface area contributed by atoms with Gasteiger partial charge < -0.3 is 9.83 Å². The molecule has 9 aromatic carbocycles. The van der Waals surface area contributed by atoms with E-state index in [9.17, 15) is 0 Å². The fraction of sp³-hybridized carbons (Fsp3) is 0. The summed E-state index contributed by atoms with van der Waals surface area (Å²) < 4.78 is 6.37. The molecule has 0 saturated carbocycles. The standard InChI is InChI=1S/C51H33NO/c1-32-40(28-29-52)50(35-22-20-34(21-23-35)42-16-8-11-33-10-2-3-12-41(33)42)46-15-5-4-14-45(46)49(32)39-27-25-36-30-38(26-24-37(36)31-39)43-17-9-18-47-44-13-6-7-19-48(44)53-51(43)47/h2-31,52H,1H2/b40-28+,52-29?. The molecule has 0 aliphatic heterocycles. The summed E-state index contributed by atoms with van der Waals surface area (Å²) in [4.78, 5) is 0. The van der Waals surface area contributed by atoms with Crippen molar-refractivity contribution in [3.63, 3.8) is 0 Å². The lowest BCUT2D eigenvalue weighted by Crippen LogP contribution is -2.28. The summed E-state index contributed by atoms with van der Waals surface area (Å²) in [5.74, 6) is 0. The van der Waals surface area contributed by atoms with Gasteiger partial charge in [0.25, 0.3) is 0 Å². The summed E-state index contributed by atoms with van der Waals surface area (Å²) >= 11 is 0. The zero-order valence-corrected chi connectivity index (χ0v) is 28.9. The van der Waals surface area contributed by atoms with Gasteiger partial charge in [-0.1, -0.05) is 158 Å². The molecule has 1 heterocycles. The van der Waals surface area contributed by atoms with Crippen LogP contribution < -0.4 is 10.4 Å². The van der Waals surface area contributed by atoms with E-state index in [-0.39, 0.29) is 0 Å². The Morgan fingerprint density at radius 2 is 1.00 bits per heavy atom. The molecule has 0 saturated heterocycles. The molecule has 10 aromatic rings. The lowest BCUT2D eigenvalue weighted by atomic mass is 9.87. The van der Waals surface area contributed by atoms with Gasteiger partial charge in [-0.05, 0) is 106 Å². The first-order valence-electron chi connectivity index (χ1n) is 17.9. The Morgan fingerprint density at radius 1 is 0.434 bits per heavy atom. The van der Waals surface area contributed by atoms with Crippen LogP contribution in [0.25, 0.3) is 111 Å². The Labute approximate surface area is 306 Å². The quantitative estimate of drug-likeness (QED) is 0.181. The third-order valence-electron chi connectivity index (χ3n) is 10.7. The molecular formula is C51H33NO. The van der Waals surface area contributed by atoms with Crippen molar-refractivity contribution in [1.82, 2.24) is 0 Å². The van der Waals surface area contributed by atoms with Crippen molar-refractivity contribution in [3.05, 3.63) is 180 Å². The van der Waals surface area contributed by atoms with E-state index in [0.717, 1.165) is 87.3 Å². The zero-order valence-electron chi connectivity index (χ0n) is 28.9. The van der Waals surface area contributed by atoms with E-state index >= 15 is 0 Å². The van der Waals surface area contributed by atoms with E-state index in [1.54, 1.807) is 0 Å². The fourth-order valence-electron chi connectivity index (χ4n) is 8.26. The van der Waals surface area contributed by atoms with Crippen LogP contribution in [-0.4, -0.2) is 6.21 Å². The Hall–Kier alpha value is -7.03. The van der Waals surface area contributed by atoms with Crippen LogP contribution in [0.4, 0.5) is 0 Å². The Balaban J connectivity index is 1.10. The average Bonchev–Trinajstić information content (AvgIpc) is 3.60. The minimum absolute atomic E-state index is 0.903. The first-order valence-corrected chi connectivity index (χ1v) is 17.9. The van der Waals surface area contributed by atoms with Crippen LogP contribution in [0.2, 0.25) is 0 Å². The molecule has 0 bridgehead atoms. The zero-order chi connectivity index (χ0) is 35.5. The minimum Gasteiger partial charge on any atom is -0.455 e. The highest BCUT2D eigenvalue weighted by atomic mass is 16.3. The van der Waals surface area contributed by atoms with Gasteiger partial charge in [-0.2, -0.15) is 0 Å². The van der Waals surface area contributed by atoms with Crippen molar-refractivity contribution >= 4 is 73.1 Å². The van der Waals surface area contributed by atoms with Crippen LogP contribution in [0.15, 0.2) is 174 Å². The first kappa shape index (κ1) is 30.8. The second-order valence-corrected chi connectivity index (χ2v) is 13.7. The molecule has 0 unspecified atom stereocenters. The second kappa shape index (κ2) is 12.3. The van der Waals surface area contributed by atoms with E-state index in [1.165, 1.54) is 28.1 Å². The lowest BCUT2D eigenvalue weighted by Gasteiger charge is -2.16. The minimum atomic E-state index is 0.903. The van der Waals surface area contributed by atoms with Crippen LogP contribution in [0.1, 0.15) is 0 Å². The fourth-order valence-corrected chi connectivity index (χ4v) is 8.26. The van der Waals surface area contributed by atoms with Gasteiger partial charge in [-0.25, -0.2) is 0 Å². The molecule has 2 heteroatoms. The summed E-state index contributed by atoms with van der Waals surface area (Å²) in [6.07, 6.45) is 3.26. The Bertz CT molecular complexity index is 3200. The predicted molar refractivity (Wildman–Crippen MR) is 226 cm³/mol. The van der Waals surface area contributed by atoms with Crippen LogP contribution in [0.3, 0.4) is 0 Å². The Kier molecular flexibility index (Phi) is 7.16. The second-order valence-electron chi connectivity index (χ2n) is 13.7. The molecule has 0 atom stereocenters. The van der Waals surface area contributed by atoms with Gasteiger partial charge in [0.15, 0.2) is 0 Å². The van der Waals surface area contributed by atoms with E-state index < -0.39 is 0 Å². The molecule has 10 rings (SSSR count). The molecule has 53 heavy (non-hydrogen) atoms. The van der Waals surface area contributed by atoms with Crippen molar-refractivity contribution in [1.29, 1.82) is 5.41 Å². The van der Waals surface area contributed by atoms with Crippen LogP contribution in [0, 0.1) is 5.41 Å². The molecule has 0 spiro atoms. The highest BCUT2D eigenvalue weighted by Gasteiger charge is 2.16. The summed E-state index contributed by atoms with van der Waals surface area (Å²) in [6.45, 7) is 4.69. The number of rotatable bonds is 5. The van der Waals surface area contributed by atoms with Crippen LogP contribution >= 0.6 is 0 Å². The first-order chi connectivity index (χ1) is 26.2. The molecule has 1 aromatic heterocycles. The maximum atomic E-state index is 8.17. The van der Waals surface area contributed by atoms with E-state index in [1.807, 2.05) is 18.2 Å². The SMILES string of the molecule is C=c1c(-c2ccc3cc(-c4cccc5c4oc4ccccc45)ccc3c2)c2ccccc2c(-c2ccc(-c3cccc4ccccc34)cc2)/c1=C/C=N. The molecule has 0 aliphatic carbocycles. The van der Waals surface area contributed by atoms with E-state index in [0.29, 0.717) is 0 Å². The van der Waals surface area contributed by atoms with Gasteiger partial charge in [0.05, 0.1) is 0 Å². The predicted octanol–water partition coefficient (Wildman–Crippen LogP) is 12.6. The number of furan rings is 1. The number of para-hydroxylation sites is 2. The number of nitrogens with one attached hydrogen (secondary N) is 1. The van der Waals surface area contributed by atoms with Crippen molar-refractivity contribution in [2.75, 3.05) is 0 Å². The highest BCUT2D eigenvalue weighted by molar-refractivity contribution is 6.11. The average molecular weight is 676 g/mol. The maximum absolute atomic E-state index is 8.17. The van der Waals surface area contributed by atoms with Crippen molar-refractivity contribution < 1.29 is 4.42 Å². The van der Waals surface area contributed by atoms with Crippen LogP contribution in [0.5, 0.6) is 0 Å². The number of benzene rings is 9. The third kappa shape index (κ3) is 4.99. The molecule has 0 amide bonds. The van der Waals surface area contributed by atoms with Gasteiger partial charge in [-0.3, -0.25) is 0 Å². The van der Waals surface area contributed by atoms with Crippen molar-refractivity contribution in [3.8, 4) is 44.5 Å². The van der Waals surface area contributed by atoms with Crippen molar-refractivity contribution in [2.45, 2.75) is 0 Å². The molecule has 2 nitrogen and oxygen atoms in total. The normalized spacial score (nSPS) is 12.0. The number of fused-ring (bicyclic) bond motifs is 6. The lowest BCUT2D eigenvalue weighted by molar-refractivity contribution is 0.670. The molecular weight excluding hydrogens is 643 g/mol. The largest absolute Gasteiger partial charge is 0.455 e. The van der Waals surface area contributed by atoms with Crippen molar-refractivity contribution in [2.24, 2.45) is 0 Å². The topological polar surface area (TPSA) is 37.0 Å². The van der Waals surface area contributed by atoms with Gasteiger partial charge >= 0.3 is 0 Å². The number of hydrogen-bond donors (Lipinski definition) is 1. The van der Waals surface area contributed by atoms with Gasteiger partial charge in [0, 0.05) is 22.6 Å². The smallest absolute Gasteiger partial charge is 0.143 e. The summed E-state index contributed by atoms with van der Waals surface area (Å²) in [5.41, 5.74) is 10.8. The van der Waals surface area contributed by atoms with Gasteiger partial charge in [-0.15, -0.1) is 0 Å². The monoisotopic (exact) mass is 675 g/mol. The van der Waals surface area contributed by atoms with Crippen LogP contribution in [-0.2, 0) is 0 Å². The van der Waals surface area contributed by atoms with Gasteiger partial charge in [0.1, 0.15) is 11.2 Å². The molecule has 248 valence electrons. The summed E-state index contributed by atoms with van der Waals surface area (Å²) in [7, 11) is 0. The Morgan fingerprint density at radius 3 is 1.79 bits per heavy atom. The molecule has 0 fully saturated rings. The highest BCUT2D eigenvalue weighted by Crippen LogP contribution is 2.38. The molecule has 0 radical (unpaired) electrons. The maximum Gasteiger partial charge on any atom is 0.143 e. The van der Waals surface area contributed by atoms with E-state index in [2.05, 4.69) is 164 Å². The summed E-state index contributed by atoms with van der Waals surface area (Å²) in [6, 6.07) is 60.4. The molecule has 1 N–H and O–H groups in total. The number of hydrogen-bond acceptors (Lipinski definition) is 2. The molecule has 0 aliphatic rings. The van der Waals surface area contributed by atoms with Gasteiger partial charge in [0.2, 0.25) is 0 Å². The summed E-state index contributed by atoms with van der Waals surface area (Å²) in [5, 5.41) is 19.4. The third-order valence-corrected chi connectivity index (χ3v) is 10.7.